The highest BCUT2D eigenvalue weighted by atomic mass is 32.2. The van der Waals surface area contributed by atoms with E-state index in [4.69, 9.17) is 5.26 Å². The Kier molecular flexibility index (Phi) is 6.40. The summed E-state index contributed by atoms with van der Waals surface area (Å²) in [7, 11) is 0. The summed E-state index contributed by atoms with van der Waals surface area (Å²) in [5.74, 6) is 0.308. The van der Waals surface area contributed by atoms with E-state index in [1.54, 1.807) is 10.6 Å². The smallest absolute Gasteiger partial charge is 0.262 e. The molecule has 1 aromatic carbocycles. The van der Waals surface area contributed by atoms with E-state index >= 15 is 0 Å². The highest BCUT2D eigenvalue weighted by Crippen LogP contribution is 2.25. The summed E-state index contributed by atoms with van der Waals surface area (Å²) < 4.78 is 1.73. The molecular formula is C18H20N4OS. The van der Waals surface area contributed by atoms with Crippen molar-refractivity contribution in [3.8, 4) is 12.1 Å². The Morgan fingerprint density at radius 3 is 2.75 bits per heavy atom. The van der Waals surface area contributed by atoms with Crippen molar-refractivity contribution in [2.45, 2.75) is 44.3 Å². The van der Waals surface area contributed by atoms with Crippen LogP contribution in [0.15, 0.2) is 34.2 Å². The first-order valence-corrected chi connectivity index (χ1v) is 9.01. The molecule has 5 nitrogen and oxygen atoms in total. The Bertz CT molecular complexity index is 847. The predicted octanol–water partition coefficient (Wildman–Crippen LogP) is 3.90. The van der Waals surface area contributed by atoms with Gasteiger partial charge in [-0.05, 0) is 31.9 Å². The first-order valence-electron chi connectivity index (χ1n) is 8.03. The van der Waals surface area contributed by atoms with Gasteiger partial charge in [-0.1, -0.05) is 30.8 Å². The molecule has 0 bridgehead atoms. The topological polar surface area (TPSA) is 82.5 Å². The zero-order valence-corrected chi connectivity index (χ0v) is 14.7. The van der Waals surface area contributed by atoms with Gasteiger partial charge in [0.2, 0.25) is 0 Å². The van der Waals surface area contributed by atoms with Crippen LogP contribution in [0.3, 0.4) is 0 Å². The molecule has 2 rings (SSSR count). The lowest BCUT2D eigenvalue weighted by molar-refractivity contribution is 0.468. The SMILES string of the molecule is CC[C@@H](C)n1c(SC[C@H](C#N)CCC#N)nc2ccccc2c1=O. The Hall–Kier alpha value is -2.31. The third-order valence-corrected chi connectivity index (χ3v) is 5.12. The summed E-state index contributed by atoms with van der Waals surface area (Å²) in [6.45, 7) is 4.03. The predicted molar refractivity (Wildman–Crippen MR) is 95.7 cm³/mol. The first-order chi connectivity index (χ1) is 11.6. The second kappa shape index (κ2) is 8.52. The molecule has 2 atom stereocenters. The maximum atomic E-state index is 12.8. The van der Waals surface area contributed by atoms with E-state index in [1.807, 2.05) is 32.0 Å². The van der Waals surface area contributed by atoms with Crippen molar-refractivity contribution >= 4 is 22.7 Å². The largest absolute Gasteiger partial charge is 0.284 e. The van der Waals surface area contributed by atoms with Crippen LogP contribution in [-0.2, 0) is 0 Å². The van der Waals surface area contributed by atoms with E-state index in [1.165, 1.54) is 11.8 Å². The fourth-order valence-electron chi connectivity index (χ4n) is 2.40. The quantitative estimate of drug-likeness (QED) is 0.564. The van der Waals surface area contributed by atoms with Crippen molar-refractivity contribution in [1.82, 2.24) is 9.55 Å². The number of aromatic nitrogens is 2. The number of para-hydroxylation sites is 1. The molecule has 1 aromatic heterocycles. The monoisotopic (exact) mass is 340 g/mol. The molecule has 0 amide bonds. The molecule has 1 heterocycles. The van der Waals surface area contributed by atoms with Gasteiger partial charge in [-0.15, -0.1) is 0 Å². The molecule has 0 radical (unpaired) electrons. The van der Waals surface area contributed by atoms with Gasteiger partial charge < -0.3 is 0 Å². The van der Waals surface area contributed by atoms with E-state index in [-0.39, 0.29) is 17.5 Å². The zero-order valence-electron chi connectivity index (χ0n) is 13.9. The van der Waals surface area contributed by atoms with E-state index in [2.05, 4.69) is 17.1 Å². The van der Waals surface area contributed by atoms with Crippen LogP contribution in [-0.4, -0.2) is 15.3 Å². The number of fused-ring (bicyclic) bond motifs is 1. The minimum atomic E-state index is -0.219. The fraction of sp³-hybridized carbons (Fsp3) is 0.444. The molecule has 0 spiro atoms. The van der Waals surface area contributed by atoms with Gasteiger partial charge >= 0.3 is 0 Å². The van der Waals surface area contributed by atoms with Gasteiger partial charge in [0.05, 0.1) is 29.0 Å². The van der Waals surface area contributed by atoms with Crippen LogP contribution >= 0.6 is 11.8 Å². The summed E-state index contributed by atoms with van der Waals surface area (Å²) in [6, 6.07) is 11.7. The molecule has 0 N–H and O–H groups in total. The van der Waals surface area contributed by atoms with Crippen LogP contribution in [0.2, 0.25) is 0 Å². The maximum absolute atomic E-state index is 12.8. The molecule has 124 valence electrons. The lowest BCUT2D eigenvalue weighted by atomic mass is 10.1. The van der Waals surface area contributed by atoms with Gasteiger partial charge in [0.25, 0.3) is 5.56 Å². The Labute approximate surface area is 145 Å². The zero-order chi connectivity index (χ0) is 17.5. The molecule has 0 aliphatic heterocycles. The van der Waals surface area contributed by atoms with Crippen molar-refractivity contribution in [3.05, 3.63) is 34.6 Å². The molecule has 0 fully saturated rings. The van der Waals surface area contributed by atoms with Crippen LogP contribution in [0.1, 0.15) is 39.2 Å². The van der Waals surface area contributed by atoms with Gasteiger partial charge in [-0.25, -0.2) is 4.98 Å². The minimum absolute atomic E-state index is 0.0387. The van der Waals surface area contributed by atoms with Crippen molar-refractivity contribution in [2.24, 2.45) is 5.92 Å². The minimum Gasteiger partial charge on any atom is -0.284 e. The molecule has 0 saturated carbocycles. The van der Waals surface area contributed by atoms with E-state index < -0.39 is 0 Å². The number of rotatable bonds is 7. The maximum Gasteiger partial charge on any atom is 0.262 e. The first kappa shape index (κ1) is 18.0. The highest BCUT2D eigenvalue weighted by molar-refractivity contribution is 7.99. The number of nitriles is 2. The van der Waals surface area contributed by atoms with E-state index in [0.717, 1.165) is 6.42 Å². The standard InChI is InChI=1S/C18H20N4OS/c1-3-13(2)22-17(23)15-8-4-5-9-16(15)21-18(22)24-12-14(11-20)7-6-10-19/h4-5,8-9,13-14H,3,6-7,12H2,1-2H3/t13-,14+/m1/s1. The summed E-state index contributed by atoms with van der Waals surface area (Å²) in [5, 5.41) is 19.2. The van der Waals surface area contributed by atoms with Gasteiger partial charge in [-0.3, -0.25) is 9.36 Å². The Morgan fingerprint density at radius 2 is 2.08 bits per heavy atom. The van der Waals surface area contributed by atoms with Crippen molar-refractivity contribution < 1.29 is 0 Å². The Morgan fingerprint density at radius 1 is 1.33 bits per heavy atom. The van der Waals surface area contributed by atoms with Crippen LogP contribution in [0.25, 0.3) is 10.9 Å². The van der Waals surface area contributed by atoms with Gasteiger partial charge in [-0.2, -0.15) is 10.5 Å². The third-order valence-electron chi connectivity index (χ3n) is 4.01. The molecule has 2 aromatic rings. The van der Waals surface area contributed by atoms with E-state index in [0.29, 0.717) is 34.7 Å². The molecule has 6 heteroatoms. The number of hydrogen-bond donors (Lipinski definition) is 0. The number of nitrogens with zero attached hydrogens (tertiary/aromatic N) is 4. The van der Waals surface area contributed by atoms with Crippen molar-refractivity contribution in [2.75, 3.05) is 5.75 Å². The molecule has 24 heavy (non-hydrogen) atoms. The highest BCUT2D eigenvalue weighted by Gasteiger charge is 2.17. The molecular weight excluding hydrogens is 320 g/mol. The second-order valence-electron chi connectivity index (χ2n) is 5.68. The van der Waals surface area contributed by atoms with Gasteiger partial charge in [0.1, 0.15) is 0 Å². The lowest BCUT2D eigenvalue weighted by Gasteiger charge is -2.18. The molecule has 0 aliphatic carbocycles. The normalized spacial score (nSPS) is 13.2. The Balaban J connectivity index is 2.39. The van der Waals surface area contributed by atoms with Crippen LogP contribution < -0.4 is 5.56 Å². The van der Waals surface area contributed by atoms with Crippen LogP contribution in [0, 0.1) is 28.6 Å². The number of hydrogen-bond acceptors (Lipinski definition) is 5. The summed E-state index contributed by atoms with van der Waals surface area (Å²) in [5.41, 5.74) is 0.637. The average Bonchev–Trinajstić information content (AvgIpc) is 2.61. The third kappa shape index (κ3) is 3.96. The van der Waals surface area contributed by atoms with Crippen molar-refractivity contribution in [1.29, 1.82) is 10.5 Å². The van der Waals surface area contributed by atoms with Crippen LogP contribution in [0.4, 0.5) is 0 Å². The van der Waals surface area contributed by atoms with Gasteiger partial charge in [0.15, 0.2) is 5.16 Å². The lowest BCUT2D eigenvalue weighted by Crippen LogP contribution is -2.26. The fourth-order valence-corrected chi connectivity index (χ4v) is 3.55. The molecule has 0 saturated heterocycles. The number of benzene rings is 1. The van der Waals surface area contributed by atoms with Crippen molar-refractivity contribution in [3.63, 3.8) is 0 Å². The summed E-state index contributed by atoms with van der Waals surface area (Å²) >= 11 is 1.42. The second-order valence-corrected chi connectivity index (χ2v) is 6.66. The molecule has 0 aliphatic rings. The molecule has 0 unspecified atom stereocenters. The van der Waals surface area contributed by atoms with Gasteiger partial charge in [0, 0.05) is 18.2 Å². The average molecular weight is 340 g/mol. The van der Waals surface area contributed by atoms with Crippen LogP contribution in [0.5, 0.6) is 0 Å². The number of thioether (sulfide) groups is 1. The summed E-state index contributed by atoms with van der Waals surface area (Å²) in [4.78, 5) is 17.5. The van der Waals surface area contributed by atoms with E-state index in [9.17, 15) is 10.1 Å². The summed E-state index contributed by atoms with van der Waals surface area (Å²) in [6.07, 6.45) is 1.73.